The fourth-order valence-corrected chi connectivity index (χ4v) is 3.20. The van der Waals surface area contributed by atoms with Crippen LogP contribution in [0, 0.1) is 6.92 Å². The van der Waals surface area contributed by atoms with E-state index in [1.54, 1.807) is 30.5 Å². The summed E-state index contributed by atoms with van der Waals surface area (Å²) in [7, 11) is 0. The predicted molar refractivity (Wildman–Crippen MR) is 97.9 cm³/mol. The lowest BCUT2D eigenvalue weighted by Gasteiger charge is -2.16. The first-order chi connectivity index (χ1) is 11.5. The molecule has 1 heterocycles. The monoisotopic (exact) mass is 385 g/mol. The topological polar surface area (TPSA) is 48.3 Å². The SMILES string of the molecule is CCOC(=O)c1c(C)n(-c2ccccc2)c(=O)c2cc(Br)ccc12. The molecule has 0 fully saturated rings. The zero-order chi connectivity index (χ0) is 17.3. The number of ether oxygens (including phenoxy) is 1. The van der Waals surface area contributed by atoms with Gasteiger partial charge in [-0.2, -0.15) is 0 Å². The fourth-order valence-electron chi connectivity index (χ4n) is 2.84. The second kappa shape index (κ2) is 6.61. The Labute approximate surface area is 147 Å². The van der Waals surface area contributed by atoms with Gasteiger partial charge in [0.25, 0.3) is 5.56 Å². The summed E-state index contributed by atoms with van der Waals surface area (Å²) in [4.78, 5) is 25.5. The van der Waals surface area contributed by atoms with Crippen LogP contribution in [0.4, 0.5) is 0 Å². The third kappa shape index (κ3) is 2.76. The summed E-state index contributed by atoms with van der Waals surface area (Å²) >= 11 is 3.39. The first-order valence-electron chi connectivity index (χ1n) is 7.62. The molecule has 0 spiro atoms. The predicted octanol–water partition coefficient (Wildman–Crippen LogP) is 4.24. The van der Waals surface area contributed by atoms with Crippen LogP contribution in [0.5, 0.6) is 0 Å². The molecule has 0 radical (unpaired) electrons. The standard InChI is InChI=1S/C19H16BrNO3/c1-3-24-19(23)17-12(2)21(14-7-5-4-6-8-14)18(22)16-11-13(20)9-10-15(16)17/h4-11H,3H2,1-2H3. The highest BCUT2D eigenvalue weighted by Crippen LogP contribution is 2.25. The summed E-state index contributed by atoms with van der Waals surface area (Å²) in [6.45, 7) is 3.81. The second-order valence-corrected chi connectivity index (χ2v) is 6.26. The molecule has 0 aliphatic rings. The number of benzene rings is 2. The van der Waals surface area contributed by atoms with Gasteiger partial charge in [0.05, 0.1) is 12.2 Å². The zero-order valence-electron chi connectivity index (χ0n) is 13.4. The number of halogens is 1. The molecular formula is C19H16BrNO3. The lowest BCUT2D eigenvalue weighted by molar-refractivity contribution is 0.0527. The molecule has 122 valence electrons. The molecule has 0 N–H and O–H groups in total. The zero-order valence-corrected chi connectivity index (χ0v) is 15.0. The summed E-state index contributed by atoms with van der Waals surface area (Å²) in [6.07, 6.45) is 0. The molecule has 24 heavy (non-hydrogen) atoms. The molecule has 3 rings (SSSR count). The number of rotatable bonds is 3. The van der Waals surface area contributed by atoms with Crippen molar-refractivity contribution in [1.29, 1.82) is 0 Å². The molecule has 0 amide bonds. The van der Waals surface area contributed by atoms with Crippen molar-refractivity contribution in [2.45, 2.75) is 13.8 Å². The van der Waals surface area contributed by atoms with Gasteiger partial charge in [0.2, 0.25) is 0 Å². The summed E-state index contributed by atoms with van der Waals surface area (Å²) in [6, 6.07) is 14.6. The number of carbonyl (C=O) groups excluding carboxylic acids is 1. The maximum Gasteiger partial charge on any atom is 0.340 e. The minimum absolute atomic E-state index is 0.164. The lowest BCUT2D eigenvalue weighted by Crippen LogP contribution is -2.24. The molecule has 3 aromatic rings. The van der Waals surface area contributed by atoms with Gasteiger partial charge in [-0.3, -0.25) is 9.36 Å². The molecule has 5 heteroatoms. The van der Waals surface area contributed by atoms with Crippen molar-refractivity contribution in [3.05, 3.63) is 74.6 Å². The van der Waals surface area contributed by atoms with Crippen LogP contribution in [0.1, 0.15) is 23.0 Å². The molecule has 0 bridgehead atoms. The summed E-state index contributed by atoms with van der Waals surface area (Å²) in [5, 5.41) is 1.08. The van der Waals surface area contributed by atoms with E-state index in [0.717, 1.165) is 4.47 Å². The first kappa shape index (κ1) is 16.5. The van der Waals surface area contributed by atoms with Gasteiger partial charge in [-0.15, -0.1) is 0 Å². The van der Waals surface area contributed by atoms with Crippen LogP contribution in [-0.4, -0.2) is 17.1 Å². The second-order valence-electron chi connectivity index (χ2n) is 5.35. The number of para-hydroxylation sites is 1. The normalized spacial score (nSPS) is 10.8. The summed E-state index contributed by atoms with van der Waals surface area (Å²) in [5.41, 5.74) is 1.54. The Balaban J connectivity index is 2.45. The minimum Gasteiger partial charge on any atom is -0.462 e. The number of pyridine rings is 1. The molecule has 0 unspecified atom stereocenters. The van der Waals surface area contributed by atoms with Crippen LogP contribution in [0.15, 0.2) is 57.8 Å². The average Bonchev–Trinajstić information content (AvgIpc) is 2.57. The maximum absolute atomic E-state index is 13.0. The lowest BCUT2D eigenvalue weighted by atomic mass is 10.0. The number of nitrogens with zero attached hydrogens (tertiary/aromatic N) is 1. The van der Waals surface area contributed by atoms with Crippen LogP contribution in [-0.2, 0) is 4.74 Å². The molecule has 1 aromatic heterocycles. The number of aromatic nitrogens is 1. The van der Waals surface area contributed by atoms with Crippen LogP contribution in [0.3, 0.4) is 0 Å². The highest BCUT2D eigenvalue weighted by molar-refractivity contribution is 9.10. The summed E-state index contributed by atoms with van der Waals surface area (Å²) < 4.78 is 7.55. The Morgan fingerprint density at radius 2 is 1.83 bits per heavy atom. The maximum atomic E-state index is 13.0. The molecule has 0 saturated heterocycles. The van der Waals surface area contributed by atoms with Crippen molar-refractivity contribution < 1.29 is 9.53 Å². The quantitative estimate of drug-likeness (QED) is 0.633. The van der Waals surface area contributed by atoms with E-state index >= 15 is 0 Å². The number of fused-ring (bicyclic) bond motifs is 1. The van der Waals surface area contributed by atoms with Crippen molar-refractivity contribution in [2.75, 3.05) is 6.61 Å². The van der Waals surface area contributed by atoms with Crippen molar-refractivity contribution >= 4 is 32.7 Å². The Bertz CT molecular complexity index is 977. The van der Waals surface area contributed by atoms with E-state index < -0.39 is 5.97 Å². The van der Waals surface area contributed by atoms with Crippen LogP contribution >= 0.6 is 15.9 Å². The van der Waals surface area contributed by atoms with Crippen molar-refractivity contribution in [3.8, 4) is 5.69 Å². The Hall–Kier alpha value is -2.40. The van der Waals surface area contributed by atoms with Crippen LogP contribution in [0.25, 0.3) is 16.5 Å². The number of esters is 1. The first-order valence-corrected chi connectivity index (χ1v) is 8.41. The van der Waals surface area contributed by atoms with Gasteiger partial charge in [0, 0.05) is 26.6 Å². The fraction of sp³-hybridized carbons (Fsp3) is 0.158. The van der Waals surface area contributed by atoms with Crippen molar-refractivity contribution in [2.24, 2.45) is 0 Å². The molecule has 0 saturated carbocycles. The number of hydrogen-bond acceptors (Lipinski definition) is 3. The molecular weight excluding hydrogens is 370 g/mol. The van der Waals surface area contributed by atoms with Crippen molar-refractivity contribution in [3.63, 3.8) is 0 Å². The minimum atomic E-state index is -0.424. The molecule has 2 aromatic carbocycles. The highest BCUT2D eigenvalue weighted by atomic mass is 79.9. The Morgan fingerprint density at radius 1 is 1.12 bits per heavy atom. The Morgan fingerprint density at radius 3 is 2.50 bits per heavy atom. The third-order valence-electron chi connectivity index (χ3n) is 3.88. The van der Waals surface area contributed by atoms with Crippen LogP contribution in [0.2, 0.25) is 0 Å². The van der Waals surface area contributed by atoms with Gasteiger partial charge in [-0.1, -0.05) is 40.2 Å². The van der Waals surface area contributed by atoms with Gasteiger partial charge in [-0.05, 0) is 38.1 Å². The van der Waals surface area contributed by atoms with Gasteiger partial charge in [-0.25, -0.2) is 4.79 Å². The van der Waals surface area contributed by atoms with Gasteiger partial charge >= 0.3 is 5.97 Å². The highest BCUT2D eigenvalue weighted by Gasteiger charge is 2.21. The average molecular weight is 386 g/mol. The van der Waals surface area contributed by atoms with Gasteiger partial charge in [0.1, 0.15) is 0 Å². The summed E-state index contributed by atoms with van der Waals surface area (Å²) in [5.74, 6) is -0.424. The molecule has 0 aliphatic heterocycles. The smallest absolute Gasteiger partial charge is 0.340 e. The van der Waals surface area contributed by atoms with E-state index in [9.17, 15) is 9.59 Å². The van der Waals surface area contributed by atoms with Crippen LogP contribution < -0.4 is 5.56 Å². The third-order valence-corrected chi connectivity index (χ3v) is 4.37. The Kier molecular flexibility index (Phi) is 4.53. The van der Waals surface area contributed by atoms with Crippen molar-refractivity contribution in [1.82, 2.24) is 4.57 Å². The number of carbonyl (C=O) groups is 1. The molecule has 0 atom stereocenters. The molecule has 4 nitrogen and oxygen atoms in total. The molecule has 0 aliphatic carbocycles. The number of hydrogen-bond donors (Lipinski definition) is 0. The van der Waals surface area contributed by atoms with E-state index in [2.05, 4.69) is 15.9 Å². The largest absolute Gasteiger partial charge is 0.462 e. The van der Waals surface area contributed by atoms with Gasteiger partial charge < -0.3 is 4.74 Å². The van der Waals surface area contributed by atoms with E-state index in [0.29, 0.717) is 27.7 Å². The van der Waals surface area contributed by atoms with E-state index in [4.69, 9.17) is 4.74 Å². The van der Waals surface area contributed by atoms with E-state index in [1.165, 1.54) is 0 Å². The van der Waals surface area contributed by atoms with E-state index in [-0.39, 0.29) is 12.2 Å². The van der Waals surface area contributed by atoms with Gasteiger partial charge in [0.15, 0.2) is 0 Å². The van der Waals surface area contributed by atoms with E-state index in [1.807, 2.05) is 36.4 Å².